The smallest absolute Gasteiger partial charge is 0.343 e. The summed E-state index contributed by atoms with van der Waals surface area (Å²) in [6.45, 7) is 4.57. The molecule has 0 atom stereocenters. The third-order valence-corrected chi connectivity index (χ3v) is 2.89. The Morgan fingerprint density at radius 1 is 0.840 bits per heavy atom. The zero-order valence-electron chi connectivity index (χ0n) is 15.6. The van der Waals surface area contributed by atoms with E-state index < -0.39 is 23.5 Å². The molecule has 0 bridgehead atoms. The Hall–Kier alpha value is -2.64. The van der Waals surface area contributed by atoms with Crippen LogP contribution in [0.3, 0.4) is 0 Å². The maximum atomic E-state index is 11.9. The van der Waals surface area contributed by atoms with Gasteiger partial charge >= 0.3 is 11.9 Å². The zero-order chi connectivity index (χ0) is 19.6. The van der Waals surface area contributed by atoms with Crippen molar-refractivity contribution in [1.82, 2.24) is 9.80 Å². The fourth-order valence-electron chi connectivity index (χ4n) is 1.69. The Kier molecular flexibility index (Phi) is 9.85. The van der Waals surface area contributed by atoms with Gasteiger partial charge in [0, 0.05) is 33.5 Å². The van der Waals surface area contributed by atoms with Crippen molar-refractivity contribution >= 4 is 23.5 Å². The van der Waals surface area contributed by atoms with Gasteiger partial charge < -0.3 is 19.3 Å². The van der Waals surface area contributed by atoms with Gasteiger partial charge in [0.25, 0.3) is 0 Å². The molecule has 0 aliphatic heterocycles. The van der Waals surface area contributed by atoms with Crippen molar-refractivity contribution in [3.05, 3.63) is 23.5 Å². The molecule has 0 unspecified atom stereocenters. The number of ether oxygens (including phenoxy) is 2. The average Bonchev–Trinajstić information content (AvgIpc) is 2.49. The summed E-state index contributed by atoms with van der Waals surface area (Å²) in [5.74, 6) is -2.24. The van der Waals surface area contributed by atoms with Crippen LogP contribution in [0.2, 0.25) is 0 Å². The standard InChI is InChI=1S/C17H26N2O6/c1-7-24-16(22)15(13(3)21)11-19(6)8-9-25-17(23)14(12(2)20)10-18(4)5/h10-11H,7-9H2,1-6H3/b14-10+,15-11+. The fraction of sp³-hybridized carbons (Fsp3) is 0.529. The molecule has 0 aromatic heterocycles. The van der Waals surface area contributed by atoms with Gasteiger partial charge in [0.2, 0.25) is 0 Å². The second kappa shape index (κ2) is 11.0. The molecule has 0 fully saturated rings. The van der Waals surface area contributed by atoms with Crippen molar-refractivity contribution in [2.24, 2.45) is 0 Å². The molecular formula is C17H26N2O6. The Balaban J connectivity index is 4.78. The molecule has 0 aliphatic carbocycles. The number of rotatable bonds is 10. The van der Waals surface area contributed by atoms with Crippen LogP contribution in [0, 0.1) is 0 Å². The lowest BCUT2D eigenvalue weighted by atomic mass is 10.2. The van der Waals surface area contributed by atoms with E-state index in [2.05, 4.69) is 0 Å². The summed E-state index contributed by atoms with van der Waals surface area (Å²) in [7, 11) is 5.00. The summed E-state index contributed by atoms with van der Waals surface area (Å²) in [6.07, 6.45) is 2.73. The first-order valence-corrected chi connectivity index (χ1v) is 7.76. The second-order valence-corrected chi connectivity index (χ2v) is 5.50. The summed E-state index contributed by atoms with van der Waals surface area (Å²) in [4.78, 5) is 49.7. The van der Waals surface area contributed by atoms with Crippen LogP contribution < -0.4 is 0 Å². The molecule has 0 N–H and O–H groups in total. The van der Waals surface area contributed by atoms with Crippen molar-refractivity contribution in [2.45, 2.75) is 20.8 Å². The minimum atomic E-state index is -0.726. The third kappa shape index (κ3) is 8.69. The van der Waals surface area contributed by atoms with Crippen LogP contribution in [0.15, 0.2) is 23.5 Å². The Morgan fingerprint density at radius 3 is 1.76 bits per heavy atom. The first-order chi connectivity index (χ1) is 11.6. The first kappa shape index (κ1) is 22.4. The summed E-state index contributed by atoms with van der Waals surface area (Å²) in [5, 5.41) is 0. The minimum absolute atomic E-state index is 0.0160. The molecule has 0 amide bonds. The minimum Gasteiger partial charge on any atom is -0.462 e. The topological polar surface area (TPSA) is 93.2 Å². The molecular weight excluding hydrogens is 328 g/mol. The molecule has 8 heteroatoms. The van der Waals surface area contributed by atoms with E-state index in [9.17, 15) is 19.2 Å². The highest BCUT2D eigenvalue weighted by Crippen LogP contribution is 2.04. The van der Waals surface area contributed by atoms with Crippen LogP contribution >= 0.6 is 0 Å². The maximum Gasteiger partial charge on any atom is 0.343 e. The van der Waals surface area contributed by atoms with Gasteiger partial charge in [-0.15, -0.1) is 0 Å². The van der Waals surface area contributed by atoms with Gasteiger partial charge in [-0.3, -0.25) is 9.59 Å². The fourth-order valence-corrected chi connectivity index (χ4v) is 1.69. The van der Waals surface area contributed by atoms with Gasteiger partial charge in [-0.25, -0.2) is 9.59 Å². The SMILES string of the molecule is CCOC(=O)/C(=C/N(C)CCOC(=O)/C(=C/N(C)C)C(C)=O)C(C)=O. The van der Waals surface area contributed by atoms with Crippen molar-refractivity contribution in [2.75, 3.05) is 40.9 Å². The number of hydrogen-bond acceptors (Lipinski definition) is 8. The van der Waals surface area contributed by atoms with Crippen LogP contribution in [0.5, 0.6) is 0 Å². The normalized spacial score (nSPS) is 11.6. The molecule has 0 saturated heterocycles. The van der Waals surface area contributed by atoms with Gasteiger partial charge in [0.15, 0.2) is 11.6 Å². The van der Waals surface area contributed by atoms with E-state index in [1.807, 2.05) is 0 Å². The van der Waals surface area contributed by atoms with E-state index in [4.69, 9.17) is 9.47 Å². The van der Waals surface area contributed by atoms with Gasteiger partial charge in [-0.2, -0.15) is 0 Å². The number of carbonyl (C=O) groups is 4. The van der Waals surface area contributed by atoms with E-state index in [0.29, 0.717) is 0 Å². The monoisotopic (exact) mass is 354 g/mol. The van der Waals surface area contributed by atoms with E-state index in [-0.39, 0.29) is 30.9 Å². The molecule has 0 radical (unpaired) electrons. The molecule has 0 spiro atoms. The average molecular weight is 354 g/mol. The Labute approximate surface area is 148 Å². The number of hydrogen-bond donors (Lipinski definition) is 0. The van der Waals surface area contributed by atoms with Crippen molar-refractivity contribution < 1.29 is 28.7 Å². The molecule has 0 rings (SSSR count). The van der Waals surface area contributed by atoms with Gasteiger partial charge in [0.1, 0.15) is 17.8 Å². The van der Waals surface area contributed by atoms with Crippen molar-refractivity contribution in [3.63, 3.8) is 0 Å². The number of ketones is 2. The van der Waals surface area contributed by atoms with Crippen LogP contribution in [-0.4, -0.2) is 74.2 Å². The van der Waals surface area contributed by atoms with Crippen molar-refractivity contribution in [3.8, 4) is 0 Å². The molecule has 0 saturated carbocycles. The number of esters is 2. The van der Waals surface area contributed by atoms with Gasteiger partial charge in [-0.05, 0) is 20.8 Å². The second-order valence-electron chi connectivity index (χ2n) is 5.50. The third-order valence-electron chi connectivity index (χ3n) is 2.89. The van der Waals surface area contributed by atoms with Gasteiger partial charge in [-0.1, -0.05) is 0 Å². The van der Waals surface area contributed by atoms with Crippen LogP contribution in [0.1, 0.15) is 20.8 Å². The van der Waals surface area contributed by atoms with E-state index in [1.54, 1.807) is 33.0 Å². The number of carbonyl (C=O) groups excluding carboxylic acids is 4. The highest BCUT2D eigenvalue weighted by Gasteiger charge is 2.18. The number of likely N-dealkylation sites (N-methyl/N-ethyl adjacent to an activating group) is 1. The molecule has 0 heterocycles. The lowest BCUT2D eigenvalue weighted by Gasteiger charge is -2.16. The quantitative estimate of drug-likeness (QED) is 0.243. The number of Topliss-reactive ketones (excluding diaryl/α,β-unsaturated/α-hetero) is 2. The molecule has 0 aromatic carbocycles. The van der Waals surface area contributed by atoms with Crippen LogP contribution in [0.4, 0.5) is 0 Å². The van der Waals surface area contributed by atoms with E-state index in [1.165, 1.54) is 31.1 Å². The Morgan fingerprint density at radius 2 is 1.32 bits per heavy atom. The highest BCUT2D eigenvalue weighted by molar-refractivity contribution is 6.16. The lowest BCUT2D eigenvalue weighted by molar-refractivity contribution is -0.142. The number of nitrogens with zero attached hydrogens (tertiary/aromatic N) is 2. The van der Waals surface area contributed by atoms with Crippen LogP contribution in [0.25, 0.3) is 0 Å². The molecule has 0 aliphatic rings. The summed E-state index contributed by atoms with van der Waals surface area (Å²) in [6, 6.07) is 0. The molecule has 25 heavy (non-hydrogen) atoms. The predicted molar refractivity (Wildman–Crippen MR) is 91.4 cm³/mol. The van der Waals surface area contributed by atoms with Crippen LogP contribution in [-0.2, 0) is 28.7 Å². The zero-order valence-corrected chi connectivity index (χ0v) is 15.6. The molecule has 140 valence electrons. The van der Waals surface area contributed by atoms with E-state index >= 15 is 0 Å². The lowest BCUT2D eigenvalue weighted by Crippen LogP contribution is -2.25. The molecule has 8 nitrogen and oxygen atoms in total. The Bertz CT molecular complexity index is 578. The summed E-state index contributed by atoms with van der Waals surface area (Å²) in [5.41, 5.74) is -0.147. The summed E-state index contributed by atoms with van der Waals surface area (Å²) < 4.78 is 9.87. The largest absolute Gasteiger partial charge is 0.462 e. The first-order valence-electron chi connectivity index (χ1n) is 7.76. The molecule has 0 aromatic rings. The highest BCUT2D eigenvalue weighted by atomic mass is 16.5. The maximum absolute atomic E-state index is 11.9. The van der Waals surface area contributed by atoms with Crippen molar-refractivity contribution in [1.29, 1.82) is 0 Å². The predicted octanol–water partition coefficient (Wildman–Crippen LogP) is 0.532. The summed E-state index contributed by atoms with van der Waals surface area (Å²) >= 11 is 0. The van der Waals surface area contributed by atoms with E-state index in [0.717, 1.165) is 0 Å². The van der Waals surface area contributed by atoms with Gasteiger partial charge in [0.05, 0.1) is 13.2 Å².